The first-order valence-corrected chi connectivity index (χ1v) is 6.21. The highest BCUT2D eigenvalue weighted by molar-refractivity contribution is 5.79. The molecule has 0 atom stereocenters. The number of hydrogen-bond donors (Lipinski definition) is 1. The number of carbonyl (C=O) groups is 1. The van der Waals surface area contributed by atoms with Crippen LogP contribution in [0, 0.1) is 13.8 Å². The number of carbonyl (C=O) groups excluding carboxylic acids is 1. The molecule has 1 aliphatic rings. The van der Waals surface area contributed by atoms with Crippen molar-refractivity contribution in [3.63, 3.8) is 0 Å². The van der Waals surface area contributed by atoms with E-state index in [1.165, 1.54) is 11.1 Å². The average Bonchev–Trinajstić information content (AvgIpc) is 2.34. The summed E-state index contributed by atoms with van der Waals surface area (Å²) < 4.78 is 0. The summed E-state index contributed by atoms with van der Waals surface area (Å²) in [7, 11) is 0. The van der Waals surface area contributed by atoms with Gasteiger partial charge in [0.1, 0.15) is 0 Å². The number of nitrogens with zero attached hydrogens (tertiary/aromatic N) is 1. The van der Waals surface area contributed by atoms with E-state index < -0.39 is 0 Å². The topological polar surface area (TPSA) is 32.3 Å². The van der Waals surface area contributed by atoms with Crippen LogP contribution in [0.1, 0.15) is 16.7 Å². The predicted octanol–water partition coefficient (Wildman–Crippen LogP) is 1.28. The van der Waals surface area contributed by atoms with Gasteiger partial charge >= 0.3 is 0 Å². The lowest BCUT2D eigenvalue weighted by molar-refractivity contribution is -0.131. The molecule has 1 fully saturated rings. The van der Waals surface area contributed by atoms with Crippen LogP contribution in [0.25, 0.3) is 0 Å². The zero-order valence-electron chi connectivity index (χ0n) is 10.6. The maximum absolute atomic E-state index is 12.1. The highest BCUT2D eigenvalue weighted by Crippen LogP contribution is 2.12. The van der Waals surface area contributed by atoms with Crippen LogP contribution in [-0.4, -0.2) is 37.0 Å². The van der Waals surface area contributed by atoms with E-state index in [0.717, 1.165) is 31.7 Å². The zero-order valence-corrected chi connectivity index (χ0v) is 10.6. The van der Waals surface area contributed by atoms with Crippen molar-refractivity contribution in [2.24, 2.45) is 0 Å². The molecule has 1 saturated heterocycles. The fraction of sp³-hybridized carbons (Fsp3) is 0.500. The molecule has 0 aromatic heterocycles. The number of piperazine rings is 1. The molecule has 92 valence electrons. The van der Waals surface area contributed by atoms with E-state index in [-0.39, 0.29) is 5.91 Å². The monoisotopic (exact) mass is 232 g/mol. The Labute approximate surface area is 103 Å². The fourth-order valence-electron chi connectivity index (χ4n) is 2.23. The van der Waals surface area contributed by atoms with E-state index in [9.17, 15) is 4.79 Å². The van der Waals surface area contributed by atoms with Gasteiger partial charge in [0.25, 0.3) is 0 Å². The van der Waals surface area contributed by atoms with Crippen LogP contribution in [0.2, 0.25) is 0 Å². The van der Waals surface area contributed by atoms with Gasteiger partial charge in [-0.25, -0.2) is 0 Å². The van der Waals surface area contributed by atoms with E-state index >= 15 is 0 Å². The molecule has 2 rings (SSSR count). The largest absolute Gasteiger partial charge is 0.340 e. The summed E-state index contributed by atoms with van der Waals surface area (Å²) in [4.78, 5) is 14.1. The number of rotatable bonds is 2. The Morgan fingerprint density at radius 3 is 2.65 bits per heavy atom. The van der Waals surface area contributed by atoms with Gasteiger partial charge in [0.05, 0.1) is 6.42 Å². The first kappa shape index (κ1) is 12.1. The number of benzene rings is 1. The molecule has 0 bridgehead atoms. The molecule has 1 heterocycles. The Balaban J connectivity index is 2.02. The highest BCUT2D eigenvalue weighted by Gasteiger charge is 2.16. The molecule has 17 heavy (non-hydrogen) atoms. The first-order chi connectivity index (χ1) is 8.16. The molecule has 0 aliphatic carbocycles. The second kappa shape index (κ2) is 5.32. The molecule has 1 N–H and O–H groups in total. The smallest absolute Gasteiger partial charge is 0.227 e. The van der Waals surface area contributed by atoms with Crippen LogP contribution >= 0.6 is 0 Å². The second-order valence-electron chi connectivity index (χ2n) is 4.74. The molecule has 1 aromatic rings. The molecule has 3 nitrogen and oxygen atoms in total. The van der Waals surface area contributed by atoms with Gasteiger partial charge in [0, 0.05) is 26.2 Å². The number of aryl methyl sites for hydroxylation is 2. The summed E-state index contributed by atoms with van der Waals surface area (Å²) in [5.74, 6) is 0.249. The van der Waals surface area contributed by atoms with Crippen molar-refractivity contribution in [3.8, 4) is 0 Å². The third kappa shape index (κ3) is 3.07. The fourth-order valence-corrected chi connectivity index (χ4v) is 2.23. The van der Waals surface area contributed by atoms with Crippen molar-refractivity contribution < 1.29 is 4.79 Å². The summed E-state index contributed by atoms with van der Waals surface area (Å²) in [5, 5.41) is 3.26. The summed E-state index contributed by atoms with van der Waals surface area (Å²) in [6.07, 6.45) is 0.534. The normalized spacial score (nSPS) is 16.0. The average molecular weight is 232 g/mol. The maximum Gasteiger partial charge on any atom is 0.227 e. The standard InChI is InChI=1S/C14H20N2O/c1-11-3-4-13(12(2)9-11)10-14(17)16-7-5-15-6-8-16/h3-4,9,15H,5-8,10H2,1-2H3. The lowest BCUT2D eigenvalue weighted by Gasteiger charge is -2.27. The second-order valence-corrected chi connectivity index (χ2v) is 4.74. The maximum atomic E-state index is 12.1. The molecular weight excluding hydrogens is 212 g/mol. The SMILES string of the molecule is Cc1ccc(CC(=O)N2CCNCC2)c(C)c1. The van der Waals surface area contributed by atoms with E-state index in [0.29, 0.717) is 6.42 Å². The van der Waals surface area contributed by atoms with Crippen molar-refractivity contribution in [3.05, 3.63) is 34.9 Å². The minimum Gasteiger partial charge on any atom is -0.340 e. The van der Waals surface area contributed by atoms with E-state index in [1.54, 1.807) is 0 Å². The number of hydrogen-bond acceptors (Lipinski definition) is 2. The summed E-state index contributed by atoms with van der Waals surface area (Å²) in [6.45, 7) is 7.66. The van der Waals surface area contributed by atoms with Crippen LogP contribution in [-0.2, 0) is 11.2 Å². The van der Waals surface area contributed by atoms with Crippen LogP contribution in [0.3, 0.4) is 0 Å². The molecule has 3 heteroatoms. The molecule has 0 radical (unpaired) electrons. The summed E-state index contributed by atoms with van der Waals surface area (Å²) >= 11 is 0. The van der Waals surface area contributed by atoms with Gasteiger partial charge in [-0.05, 0) is 25.0 Å². The van der Waals surface area contributed by atoms with Crippen molar-refractivity contribution in [2.45, 2.75) is 20.3 Å². The lowest BCUT2D eigenvalue weighted by Crippen LogP contribution is -2.47. The molecule has 1 amide bonds. The molecule has 1 aromatic carbocycles. The van der Waals surface area contributed by atoms with Gasteiger partial charge in [0.2, 0.25) is 5.91 Å². The van der Waals surface area contributed by atoms with E-state index in [1.807, 2.05) is 4.90 Å². The van der Waals surface area contributed by atoms with Gasteiger partial charge in [0.15, 0.2) is 0 Å². The van der Waals surface area contributed by atoms with Gasteiger partial charge in [-0.1, -0.05) is 23.8 Å². The quantitative estimate of drug-likeness (QED) is 0.833. The van der Waals surface area contributed by atoms with Crippen LogP contribution in [0.15, 0.2) is 18.2 Å². The third-order valence-corrected chi connectivity index (χ3v) is 3.31. The lowest BCUT2D eigenvalue weighted by atomic mass is 10.0. The van der Waals surface area contributed by atoms with Crippen LogP contribution < -0.4 is 5.32 Å². The molecular formula is C14H20N2O. The van der Waals surface area contributed by atoms with Crippen LogP contribution in [0.5, 0.6) is 0 Å². The summed E-state index contributed by atoms with van der Waals surface area (Å²) in [6, 6.07) is 6.29. The van der Waals surface area contributed by atoms with Gasteiger partial charge in [-0.15, -0.1) is 0 Å². The minimum atomic E-state index is 0.249. The highest BCUT2D eigenvalue weighted by atomic mass is 16.2. The number of nitrogens with one attached hydrogen (secondary N) is 1. The van der Waals surface area contributed by atoms with E-state index in [2.05, 4.69) is 37.4 Å². The minimum absolute atomic E-state index is 0.249. The Hall–Kier alpha value is -1.35. The Kier molecular flexibility index (Phi) is 3.79. The first-order valence-electron chi connectivity index (χ1n) is 6.21. The summed E-state index contributed by atoms with van der Waals surface area (Å²) in [5.41, 5.74) is 3.62. The Morgan fingerprint density at radius 1 is 1.29 bits per heavy atom. The molecule has 0 unspecified atom stereocenters. The van der Waals surface area contributed by atoms with Crippen molar-refractivity contribution in [1.29, 1.82) is 0 Å². The molecule has 0 spiro atoms. The van der Waals surface area contributed by atoms with Crippen molar-refractivity contribution >= 4 is 5.91 Å². The van der Waals surface area contributed by atoms with Gasteiger partial charge in [-0.2, -0.15) is 0 Å². The van der Waals surface area contributed by atoms with Crippen molar-refractivity contribution in [1.82, 2.24) is 10.2 Å². The van der Waals surface area contributed by atoms with Crippen LogP contribution in [0.4, 0.5) is 0 Å². The Bertz CT molecular complexity index is 409. The third-order valence-electron chi connectivity index (χ3n) is 3.31. The molecule has 0 saturated carbocycles. The van der Waals surface area contributed by atoms with Gasteiger partial charge < -0.3 is 10.2 Å². The zero-order chi connectivity index (χ0) is 12.3. The van der Waals surface area contributed by atoms with Gasteiger partial charge in [-0.3, -0.25) is 4.79 Å². The Morgan fingerprint density at radius 2 is 2.00 bits per heavy atom. The number of amides is 1. The van der Waals surface area contributed by atoms with E-state index in [4.69, 9.17) is 0 Å². The predicted molar refractivity (Wildman–Crippen MR) is 69.1 cm³/mol. The molecule has 1 aliphatic heterocycles. The van der Waals surface area contributed by atoms with Crippen molar-refractivity contribution in [2.75, 3.05) is 26.2 Å².